The van der Waals surface area contributed by atoms with Crippen molar-refractivity contribution in [1.82, 2.24) is 4.31 Å². The van der Waals surface area contributed by atoms with Crippen LogP contribution in [-0.4, -0.2) is 31.9 Å². The molecule has 0 spiro atoms. The Bertz CT molecular complexity index is 812. The number of rotatable bonds is 3. The van der Waals surface area contributed by atoms with Crippen LogP contribution in [0.4, 0.5) is 8.78 Å². The molecule has 0 bridgehead atoms. The third-order valence-electron chi connectivity index (χ3n) is 4.07. The number of nitrogens with zero attached hydrogens (tertiary/aromatic N) is 1. The summed E-state index contributed by atoms with van der Waals surface area (Å²) in [4.78, 5) is -0.654. The molecule has 3 rings (SSSR count). The molecule has 0 radical (unpaired) electrons. The van der Waals surface area contributed by atoms with E-state index in [-0.39, 0.29) is 19.0 Å². The molecule has 7 heteroatoms. The molecule has 0 saturated carbocycles. The first-order valence-electron chi connectivity index (χ1n) is 7.15. The summed E-state index contributed by atoms with van der Waals surface area (Å²) in [5.41, 5.74) is 7.00. The molecular formula is C16H16F2N2O2S. The van der Waals surface area contributed by atoms with Crippen LogP contribution >= 0.6 is 0 Å². The van der Waals surface area contributed by atoms with Crippen LogP contribution in [0.15, 0.2) is 53.4 Å². The lowest BCUT2D eigenvalue weighted by atomic mass is 9.95. The van der Waals surface area contributed by atoms with Gasteiger partial charge in [-0.15, -0.1) is 0 Å². The highest BCUT2D eigenvalue weighted by Crippen LogP contribution is 2.31. The van der Waals surface area contributed by atoms with Gasteiger partial charge in [0.25, 0.3) is 0 Å². The van der Waals surface area contributed by atoms with Gasteiger partial charge in [-0.2, -0.15) is 4.31 Å². The molecule has 2 aromatic carbocycles. The molecule has 0 unspecified atom stereocenters. The van der Waals surface area contributed by atoms with E-state index >= 15 is 0 Å². The monoisotopic (exact) mass is 338 g/mol. The van der Waals surface area contributed by atoms with Gasteiger partial charge in [-0.3, -0.25) is 0 Å². The Morgan fingerprint density at radius 1 is 1.04 bits per heavy atom. The third-order valence-corrected chi connectivity index (χ3v) is 5.92. The molecule has 0 aromatic heterocycles. The number of halogens is 2. The van der Waals surface area contributed by atoms with E-state index in [1.165, 1.54) is 0 Å². The molecule has 2 atom stereocenters. The van der Waals surface area contributed by atoms with Crippen molar-refractivity contribution in [1.29, 1.82) is 0 Å². The summed E-state index contributed by atoms with van der Waals surface area (Å²) in [5.74, 6) is -1.95. The summed E-state index contributed by atoms with van der Waals surface area (Å²) in [6, 6.07) is 11.3. The number of nitrogens with two attached hydrogens (primary N) is 1. The van der Waals surface area contributed by atoms with Crippen LogP contribution in [0.25, 0.3) is 0 Å². The number of hydrogen-bond acceptors (Lipinski definition) is 3. The minimum Gasteiger partial charge on any atom is -0.326 e. The standard InChI is InChI=1S/C16H16F2N2O2S/c17-12-6-7-14(18)16(8-12)23(21,22)20-9-13(15(19)10-20)11-4-2-1-3-5-11/h1-8,13,15H,9-10,19H2/t13-,15+/m0/s1. The maximum absolute atomic E-state index is 13.8. The van der Waals surface area contributed by atoms with Gasteiger partial charge >= 0.3 is 0 Å². The van der Waals surface area contributed by atoms with Crippen molar-refractivity contribution in [2.24, 2.45) is 5.73 Å². The van der Waals surface area contributed by atoms with Gasteiger partial charge in [0.1, 0.15) is 16.5 Å². The van der Waals surface area contributed by atoms with E-state index in [9.17, 15) is 17.2 Å². The lowest BCUT2D eigenvalue weighted by Gasteiger charge is -2.17. The fraction of sp³-hybridized carbons (Fsp3) is 0.250. The average Bonchev–Trinajstić information content (AvgIpc) is 2.93. The molecule has 2 aromatic rings. The van der Waals surface area contributed by atoms with Gasteiger partial charge in [0.2, 0.25) is 10.0 Å². The van der Waals surface area contributed by atoms with Gasteiger partial charge in [-0.25, -0.2) is 17.2 Å². The Hall–Kier alpha value is -1.83. The summed E-state index contributed by atoms with van der Waals surface area (Å²) < 4.78 is 53.4. The molecule has 2 N–H and O–H groups in total. The van der Waals surface area contributed by atoms with Gasteiger partial charge < -0.3 is 5.73 Å². The molecule has 1 aliphatic rings. The van der Waals surface area contributed by atoms with Crippen LogP contribution in [0.3, 0.4) is 0 Å². The molecule has 0 amide bonds. The zero-order valence-corrected chi connectivity index (χ0v) is 13.0. The van der Waals surface area contributed by atoms with Crippen LogP contribution in [0, 0.1) is 11.6 Å². The van der Waals surface area contributed by atoms with Crippen LogP contribution in [0.5, 0.6) is 0 Å². The van der Waals surface area contributed by atoms with Gasteiger partial charge in [-0.05, 0) is 23.8 Å². The lowest BCUT2D eigenvalue weighted by Crippen LogP contribution is -2.32. The summed E-state index contributed by atoms with van der Waals surface area (Å²) in [7, 11) is -4.13. The zero-order valence-electron chi connectivity index (χ0n) is 12.2. The molecule has 1 heterocycles. The highest BCUT2D eigenvalue weighted by atomic mass is 32.2. The van der Waals surface area contributed by atoms with Crippen molar-refractivity contribution < 1.29 is 17.2 Å². The molecule has 1 fully saturated rings. The first-order valence-corrected chi connectivity index (χ1v) is 8.59. The first kappa shape index (κ1) is 16.0. The van der Waals surface area contributed by atoms with Crippen molar-refractivity contribution in [3.05, 3.63) is 65.7 Å². The normalized spacial score (nSPS) is 22.4. The summed E-state index contributed by atoms with van der Waals surface area (Å²) >= 11 is 0. The second-order valence-corrected chi connectivity index (χ2v) is 7.48. The smallest absolute Gasteiger partial charge is 0.246 e. The first-order chi connectivity index (χ1) is 10.9. The van der Waals surface area contributed by atoms with Crippen LogP contribution in [0.1, 0.15) is 11.5 Å². The highest BCUT2D eigenvalue weighted by molar-refractivity contribution is 7.89. The minimum absolute atomic E-state index is 0.0673. The molecule has 1 saturated heterocycles. The molecule has 1 aliphatic heterocycles. The highest BCUT2D eigenvalue weighted by Gasteiger charge is 2.39. The Kier molecular flexibility index (Phi) is 4.18. The quantitative estimate of drug-likeness (QED) is 0.932. The summed E-state index contributed by atoms with van der Waals surface area (Å²) in [6.45, 7) is 0.210. The molecule has 4 nitrogen and oxygen atoms in total. The van der Waals surface area contributed by atoms with Gasteiger partial charge in [0, 0.05) is 25.0 Å². The molecule has 122 valence electrons. The largest absolute Gasteiger partial charge is 0.326 e. The maximum Gasteiger partial charge on any atom is 0.246 e. The Morgan fingerprint density at radius 2 is 1.74 bits per heavy atom. The Morgan fingerprint density at radius 3 is 2.43 bits per heavy atom. The topological polar surface area (TPSA) is 63.4 Å². The number of benzene rings is 2. The van der Waals surface area contributed by atoms with Gasteiger partial charge in [0.15, 0.2) is 0 Å². The fourth-order valence-corrected chi connectivity index (χ4v) is 4.43. The SMILES string of the molecule is N[C@@H]1CN(S(=O)(=O)c2cc(F)ccc2F)C[C@H]1c1ccccc1. The van der Waals surface area contributed by atoms with E-state index < -0.39 is 32.6 Å². The van der Waals surface area contributed by atoms with Crippen molar-refractivity contribution in [3.8, 4) is 0 Å². The van der Waals surface area contributed by atoms with Crippen molar-refractivity contribution in [3.63, 3.8) is 0 Å². The zero-order chi connectivity index (χ0) is 16.6. The Labute approximate surface area is 133 Å². The predicted molar refractivity (Wildman–Crippen MR) is 82.3 cm³/mol. The van der Waals surface area contributed by atoms with Crippen molar-refractivity contribution in [2.45, 2.75) is 16.9 Å². The van der Waals surface area contributed by atoms with E-state index in [1.807, 2.05) is 30.3 Å². The van der Waals surface area contributed by atoms with E-state index in [2.05, 4.69) is 0 Å². The van der Waals surface area contributed by atoms with E-state index in [0.717, 1.165) is 22.0 Å². The van der Waals surface area contributed by atoms with Crippen LogP contribution < -0.4 is 5.73 Å². The molecular weight excluding hydrogens is 322 g/mol. The summed E-state index contributed by atoms with van der Waals surface area (Å²) in [6.07, 6.45) is 0. The second kappa shape index (κ2) is 5.99. The number of sulfonamides is 1. The van der Waals surface area contributed by atoms with E-state index in [1.54, 1.807) is 0 Å². The third kappa shape index (κ3) is 2.99. The Balaban J connectivity index is 1.92. The second-order valence-electron chi connectivity index (χ2n) is 5.58. The average molecular weight is 338 g/mol. The van der Waals surface area contributed by atoms with Crippen LogP contribution in [0.2, 0.25) is 0 Å². The van der Waals surface area contributed by atoms with E-state index in [0.29, 0.717) is 6.07 Å². The van der Waals surface area contributed by atoms with Crippen molar-refractivity contribution >= 4 is 10.0 Å². The lowest BCUT2D eigenvalue weighted by molar-refractivity contribution is 0.461. The minimum atomic E-state index is -4.13. The molecule has 0 aliphatic carbocycles. The predicted octanol–water partition coefficient (Wildman–Crippen LogP) is 2.08. The van der Waals surface area contributed by atoms with E-state index in [4.69, 9.17) is 5.73 Å². The summed E-state index contributed by atoms with van der Waals surface area (Å²) in [5, 5.41) is 0. The fourth-order valence-electron chi connectivity index (χ4n) is 2.85. The van der Waals surface area contributed by atoms with Crippen LogP contribution in [-0.2, 0) is 10.0 Å². The van der Waals surface area contributed by atoms with Gasteiger partial charge in [0.05, 0.1) is 0 Å². The van der Waals surface area contributed by atoms with Gasteiger partial charge in [-0.1, -0.05) is 30.3 Å². The number of hydrogen-bond donors (Lipinski definition) is 1. The molecule has 23 heavy (non-hydrogen) atoms. The maximum atomic E-state index is 13.8. The van der Waals surface area contributed by atoms with Crippen molar-refractivity contribution in [2.75, 3.05) is 13.1 Å².